The molecule has 0 atom stereocenters. The minimum absolute atomic E-state index is 0.133. The van der Waals surface area contributed by atoms with Crippen LogP contribution in [0, 0.1) is 11.7 Å². The van der Waals surface area contributed by atoms with Crippen LogP contribution >= 0.6 is 0 Å². The summed E-state index contributed by atoms with van der Waals surface area (Å²) in [5.41, 5.74) is 3.74. The summed E-state index contributed by atoms with van der Waals surface area (Å²) < 4.78 is 14.7. The molecule has 0 unspecified atom stereocenters. The zero-order chi connectivity index (χ0) is 18.4. The number of unbranched alkanes of at least 4 members (excludes halogenated alkanes) is 1. The number of aromatic nitrogens is 1. The molecule has 0 radical (unpaired) electrons. The van der Waals surface area contributed by atoms with Gasteiger partial charge >= 0.3 is 0 Å². The number of aryl methyl sites for hydroxylation is 1. The average molecular weight is 354 g/mol. The van der Waals surface area contributed by atoms with E-state index in [1.165, 1.54) is 56.1 Å². The third-order valence-corrected chi connectivity index (χ3v) is 5.92. The van der Waals surface area contributed by atoms with Gasteiger partial charge in [0.15, 0.2) is 0 Å². The van der Waals surface area contributed by atoms with Gasteiger partial charge in [0, 0.05) is 11.8 Å². The van der Waals surface area contributed by atoms with Crippen molar-refractivity contribution in [3.8, 4) is 11.3 Å². The lowest BCUT2D eigenvalue weighted by Crippen LogP contribution is -2.13. The van der Waals surface area contributed by atoms with Gasteiger partial charge in [-0.05, 0) is 73.3 Å². The molecule has 26 heavy (non-hydrogen) atoms. The first-order valence-electron chi connectivity index (χ1n) is 10.5. The minimum Gasteiger partial charge on any atom is -0.256 e. The van der Waals surface area contributed by atoms with E-state index in [2.05, 4.69) is 31.0 Å². The van der Waals surface area contributed by atoms with Crippen molar-refractivity contribution in [1.29, 1.82) is 0 Å². The molecule has 1 saturated carbocycles. The van der Waals surface area contributed by atoms with Crippen LogP contribution < -0.4 is 0 Å². The fourth-order valence-corrected chi connectivity index (χ4v) is 4.29. The van der Waals surface area contributed by atoms with Crippen molar-refractivity contribution in [2.45, 2.75) is 77.6 Å². The lowest BCUT2D eigenvalue weighted by molar-refractivity contribution is 0.304. The Balaban J connectivity index is 1.66. The monoisotopic (exact) mass is 353 g/mol. The van der Waals surface area contributed by atoms with Crippen molar-refractivity contribution < 1.29 is 4.39 Å². The molecule has 1 aliphatic carbocycles. The van der Waals surface area contributed by atoms with Gasteiger partial charge in [0.05, 0.1) is 5.69 Å². The van der Waals surface area contributed by atoms with Gasteiger partial charge in [-0.2, -0.15) is 0 Å². The fraction of sp³-hybridized carbons (Fsp3) is 0.542. The van der Waals surface area contributed by atoms with Gasteiger partial charge in [-0.3, -0.25) is 4.98 Å². The normalized spacial score (nSPS) is 20.3. The lowest BCUT2D eigenvalue weighted by Gasteiger charge is -2.29. The first-order chi connectivity index (χ1) is 12.7. The number of benzene rings is 1. The Hall–Kier alpha value is -1.70. The Labute approximate surface area is 158 Å². The van der Waals surface area contributed by atoms with Crippen molar-refractivity contribution in [2.75, 3.05) is 0 Å². The van der Waals surface area contributed by atoms with Crippen LogP contribution in [-0.4, -0.2) is 4.98 Å². The van der Waals surface area contributed by atoms with Gasteiger partial charge in [0.25, 0.3) is 0 Å². The second kappa shape index (κ2) is 9.30. The Kier molecular flexibility index (Phi) is 6.82. The molecule has 2 heteroatoms. The molecule has 140 valence electrons. The van der Waals surface area contributed by atoms with Crippen molar-refractivity contribution >= 4 is 0 Å². The summed E-state index contributed by atoms with van der Waals surface area (Å²) in [4.78, 5) is 4.47. The standard InChI is InChI=1S/C24H32FN/c1-3-5-7-18-8-11-20(12-9-18)21-13-14-22(23(25)16-21)24-15-10-19(6-4-2)17-26-24/h10,13-18,20H,3-9,11-12H2,1-2H3/t18-,20-. The Morgan fingerprint density at radius 1 is 1.00 bits per heavy atom. The number of hydrogen-bond donors (Lipinski definition) is 0. The summed E-state index contributed by atoms with van der Waals surface area (Å²) in [6.45, 7) is 4.42. The largest absolute Gasteiger partial charge is 0.256 e. The molecule has 0 N–H and O–H groups in total. The zero-order valence-corrected chi connectivity index (χ0v) is 16.3. The smallest absolute Gasteiger partial charge is 0.132 e. The number of halogens is 1. The molecule has 0 bridgehead atoms. The third-order valence-electron chi connectivity index (χ3n) is 5.92. The van der Waals surface area contributed by atoms with Gasteiger partial charge in [-0.25, -0.2) is 4.39 Å². The number of hydrogen-bond acceptors (Lipinski definition) is 1. The number of nitrogens with zero attached hydrogens (tertiary/aromatic N) is 1. The first-order valence-corrected chi connectivity index (χ1v) is 10.5. The third kappa shape index (κ3) is 4.72. The van der Waals surface area contributed by atoms with Crippen molar-refractivity contribution in [2.24, 2.45) is 5.92 Å². The van der Waals surface area contributed by atoms with Crippen LogP contribution in [0.4, 0.5) is 4.39 Å². The van der Waals surface area contributed by atoms with Crippen molar-refractivity contribution in [1.82, 2.24) is 4.98 Å². The van der Waals surface area contributed by atoms with E-state index in [1.54, 1.807) is 6.07 Å². The maximum Gasteiger partial charge on any atom is 0.132 e. The van der Waals surface area contributed by atoms with Gasteiger partial charge in [0.2, 0.25) is 0 Å². The molecular formula is C24H32FN. The molecule has 3 rings (SSSR count). The van der Waals surface area contributed by atoms with E-state index in [0.29, 0.717) is 11.5 Å². The van der Waals surface area contributed by atoms with Crippen LogP contribution in [0.5, 0.6) is 0 Å². The van der Waals surface area contributed by atoms with Gasteiger partial charge < -0.3 is 0 Å². The average Bonchev–Trinajstić information content (AvgIpc) is 2.68. The Morgan fingerprint density at radius 3 is 2.42 bits per heavy atom. The molecule has 1 heterocycles. The van der Waals surface area contributed by atoms with Gasteiger partial charge in [-0.15, -0.1) is 0 Å². The predicted octanol–water partition coefficient (Wildman–Crippen LogP) is 7.30. The van der Waals surface area contributed by atoms with E-state index in [9.17, 15) is 4.39 Å². The molecule has 1 fully saturated rings. The van der Waals surface area contributed by atoms with Crippen LogP contribution in [0.15, 0.2) is 36.5 Å². The van der Waals surface area contributed by atoms with Gasteiger partial charge in [-0.1, -0.05) is 51.7 Å². The second-order valence-corrected chi connectivity index (χ2v) is 7.90. The molecule has 1 nitrogen and oxygen atoms in total. The molecular weight excluding hydrogens is 321 g/mol. The molecule has 0 saturated heterocycles. The van der Waals surface area contributed by atoms with E-state index in [0.717, 1.165) is 24.5 Å². The molecule has 2 aromatic rings. The van der Waals surface area contributed by atoms with Crippen LogP contribution in [0.3, 0.4) is 0 Å². The maximum absolute atomic E-state index is 14.7. The highest BCUT2D eigenvalue weighted by Gasteiger charge is 2.22. The minimum atomic E-state index is -0.133. The molecule has 0 aliphatic heterocycles. The predicted molar refractivity (Wildman–Crippen MR) is 108 cm³/mol. The zero-order valence-electron chi connectivity index (χ0n) is 16.3. The van der Waals surface area contributed by atoms with Crippen LogP contribution in [0.1, 0.15) is 82.3 Å². The van der Waals surface area contributed by atoms with Crippen LogP contribution in [-0.2, 0) is 6.42 Å². The second-order valence-electron chi connectivity index (χ2n) is 7.90. The number of pyridine rings is 1. The van der Waals surface area contributed by atoms with Crippen LogP contribution in [0.25, 0.3) is 11.3 Å². The fourth-order valence-electron chi connectivity index (χ4n) is 4.29. The van der Waals surface area contributed by atoms with Crippen LogP contribution in [0.2, 0.25) is 0 Å². The highest BCUT2D eigenvalue weighted by Crippen LogP contribution is 2.38. The Morgan fingerprint density at radius 2 is 1.81 bits per heavy atom. The van der Waals surface area contributed by atoms with Crippen molar-refractivity contribution in [3.05, 3.63) is 53.5 Å². The summed E-state index contributed by atoms with van der Waals surface area (Å²) in [6, 6.07) is 9.82. The summed E-state index contributed by atoms with van der Waals surface area (Å²) in [5.74, 6) is 1.28. The summed E-state index contributed by atoms with van der Waals surface area (Å²) in [7, 11) is 0. The van der Waals surface area contributed by atoms with E-state index in [1.807, 2.05) is 18.3 Å². The SMILES string of the molecule is CCCC[C@H]1CC[C@H](c2ccc(-c3ccc(CCC)cn3)c(F)c2)CC1. The summed E-state index contributed by atoms with van der Waals surface area (Å²) in [6.07, 6.45) is 13.0. The first kappa shape index (κ1) is 19.1. The molecule has 1 aromatic carbocycles. The highest BCUT2D eigenvalue weighted by molar-refractivity contribution is 5.60. The molecule has 0 spiro atoms. The van der Waals surface area contributed by atoms with E-state index >= 15 is 0 Å². The van der Waals surface area contributed by atoms with E-state index in [4.69, 9.17) is 0 Å². The van der Waals surface area contributed by atoms with E-state index < -0.39 is 0 Å². The molecule has 0 amide bonds. The molecule has 1 aromatic heterocycles. The van der Waals surface area contributed by atoms with Gasteiger partial charge in [0.1, 0.15) is 5.82 Å². The van der Waals surface area contributed by atoms with Crippen molar-refractivity contribution in [3.63, 3.8) is 0 Å². The lowest BCUT2D eigenvalue weighted by atomic mass is 9.77. The Bertz CT molecular complexity index is 684. The summed E-state index contributed by atoms with van der Waals surface area (Å²) >= 11 is 0. The summed E-state index contributed by atoms with van der Waals surface area (Å²) in [5, 5.41) is 0. The maximum atomic E-state index is 14.7. The number of rotatable bonds is 7. The quantitative estimate of drug-likeness (QED) is 0.508. The highest BCUT2D eigenvalue weighted by atomic mass is 19.1. The molecule has 1 aliphatic rings. The topological polar surface area (TPSA) is 12.9 Å². The van der Waals surface area contributed by atoms with E-state index in [-0.39, 0.29) is 5.82 Å².